The fourth-order valence-electron chi connectivity index (χ4n) is 7.20. The van der Waals surface area contributed by atoms with E-state index in [1.807, 2.05) is 0 Å². The van der Waals surface area contributed by atoms with E-state index in [9.17, 15) is 19.2 Å². The number of amides is 2. The maximum Gasteiger partial charge on any atom is 0.334 e. The molecule has 0 radical (unpaired) electrons. The summed E-state index contributed by atoms with van der Waals surface area (Å²) < 4.78 is 26.0. The maximum absolute atomic E-state index is 11.7. The highest BCUT2D eigenvalue weighted by molar-refractivity contribution is 5.76. The third-order valence-corrected chi connectivity index (χ3v) is 10.4. The molecule has 18 nitrogen and oxygen atoms in total. The number of rotatable bonds is 23. The fraction of sp³-hybridized carbons (Fsp3) is 0.789. The molecule has 2 heterocycles. The van der Waals surface area contributed by atoms with Gasteiger partial charge in [-0.05, 0) is 45.4 Å². The molecule has 4 rings (SSSR count). The number of carbonyl (C=O) groups excluding carboxylic acids is 3. The lowest BCUT2D eigenvalue weighted by Crippen LogP contribution is -2.23. The van der Waals surface area contributed by atoms with Gasteiger partial charge in [0, 0.05) is 24.7 Å². The second-order valence-electron chi connectivity index (χ2n) is 14.8. The molecule has 0 spiro atoms. The van der Waals surface area contributed by atoms with Crippen LogP contribution in [0.2, 0.25) is 0 Å². The van der Waals surface area contributed by atoms with Crippen LogP contribution < -0.4 is 11.0 Å². The van der Waals surface area contributed by atoms with Gasteiger partial charge in [-0.3, -0.25) is 20.0 Å². The van der Waals surface area contributed by atoms with Crippen molar-refractivity contribution in [1.82, 2.24) is 31.2 Å². The molecule has 0 aromatic carbocycles. The van der Waals surface area contributed by atoms with Gasteiger partial charge >= 0.3 is 11.9 Å². The minimum Gasteiger partial charge on any atom is -0.479 e. The molecule has 2 aromatic heterocycles. The average Bonchev–Trinajstić information content (AvgIpc) is 3.89. The number of esters is 1. The minimum atomic E-state index is -1.07. The highest BCUT2D eigenvalue weighted by atomic mass is 16.6. The molecule has 5 N–H and O–H groups in total. The lowest BCUT2D eigenvalue weighted by atomic mass is 9.84. The quantitative estimate of drug-likeness (QED) is 0.0487. The molecule has 2 saturated carbocycles. The van der Waals surface area contributed by atoms with E-state index in [2.05, 4.69) is 20.3 Å². The smallest absolute Gasteiger partial charge is 0.334 e. The van der Waals surface area contributed by atoms with Crippen molar-refractivity contribution in [2.45, 2.75) is 174 Å². The van der Waals surface area contributed by atoms with Crippen LogP contribution in [-0.2, 0) is 46.6 Å². The average molecular weight is 795 g/mol. The number of carboxylic acid groups (broad SMARTS) is 1. The van der Waals surface area contributed by atoms with Crippen molar-refractivity contribution in [2.75, 3.05) is 6.61 Å². The molecular formula is C38H62N6O12. The number of ether oxygens (including phenoxy) is 3. The second-order valence-corrected chi connectivity index (χ2v) is 14.8. The Morgan fingerprint density at radius 2 is 1.14 bits per heavy atom. The van der Waals surface area contributed by atoms with Gasteiger partial charge < -0.3 is 28.4 Å². The lowest BCUT2D eigenvalue weighted by molar-refractivity contribution is -0.156. The van der Waals surface area contributed by atoms with Crippen molar-refractivity contribution >= 4 is 23.8 Å². The predicted molar refractivity (Wildman–Crippen MR) is 197 cm³/mol. The van der Waals surface area contributed by atoms with Gasteiger partial charge in [0.05, 0.1) is 6.61 Å². The van der Waals surface area contributed by atoms with Crippen LogP contribution in [0.4, 0.5) is 0 Å². The molecule has 56 heavy (non-hydrogen) atoms. The van der Waals surface area contributed by atoms with Crippen molar-refractivity contribution in [3.8, 4) is 0 Å². The Kier molecular flexibility index (Phi) is 21.6. The first-order valence-electron chi connectivity index (χ1n) is 20.2. The Balaban J connectivity index is 0.000000301. The zero-order valence-corrected chi connectivity index (χ0v) is 33.1. The van der Waals surface area contributed by atoms with Crippen molar-refractivity contribution in [2.24, 2.45) is 11.8 Å². The molecule has 0 saturated heterocycles. The van der Waals surface area contributed by atoms with E-state index in [0.717, 1.165) is 43.9 Å². The van der Waals surface area contributed by atoms with E-state index in [-0.39, 0.29) is 50.3 Å². The standard InChI is InChI=1S/C20H33N3O6.C18H29N3O6/c1-3-27-20(25)14(2)28-13-17-21-19(29-23-17)16(12-18(24)22-26)11-7-10-15-8-5-4-6-9-15;1-12(18(23)24)26-11-15-19-17(27-21-15)14(10-16(22)20-25)9-5-8-13-6-3-2-4-7-13/h14-16,26H,3-13H2,1-2H3,(H,22,24);12-14,25H,2-11H2,1H3,(H,20,22)(H,23,24)/t14?,16-;12?,14-/m11/s1. The summed E-state index contributed by atoms with van der Waals surface area (Å²) in [7, 11) is 0. The van der Waals surface area contributed by atoms with E-state index >= 15 is 0 Å². The second kappa shape index (κ2) is 26.0. The van der Waals surface area contributed by atoms with E-state index in [1.165, 1.54) is 71.1 Å². The molecule has 4 atom stereocenters. The summed E-state index contributed by atoms with van der Waals surface area (Å²) in [6, 6.07) is 0. The van der Waals surface area contributed by atoms with Crippen LogP contribution in [-0.4, -0.2) is 78.4 Å². The van der Waals surface area contributed by atoms with Crippen LogP contribution in [0.3, 0.4) is 0 Å². The van der Waals surface area contributed by atoms with Gasteiger partial charge in [-0.25, -0.2) is 20.5 Å². The number of nitrogens with zero attached hydrogens (tertiary/aromatic N) is 4. The molecular weight excluding hydrogens is 732 g/mol. The maximum atomic E-state index is 11.7. The third-order valence-electron chi connectivity index (χ3n) is 10.4. The molecule has 0 aliphatic heterocycles. The van der Waals surface area contributed by atoms with Gasteiger partial charge in [0.15, 0.2) is 23.9 Å². The van der Waals surface area contributed by atoms with E-state index in [1.54, 1.807) is 24.8 Å². The van der Waals surface area contributed by atoms with Gasteiger partial charge in [0.1, 0.15) is 13.2 Å². The van der Waals surface area contributed by atoms with Crippen molar-refractivity contribution in [3.05, 3.63) is 23.4 Å². The third kappa shape index (κ3) is 17.4. The normalized spacial score (nSPS) is 17.2. The number of aromatic nitrogens is 4. The summed E-state index contributed by atoms with van der Waals surface area (Å²) >= 11 is 0. The number of carbonyl (C=O) groups is 4. The fourth-order valence-corrected chi connectivity index (χ4v) is 7.20. The summed E-state index contributed by atoms with van der Waals surface area (Å²) in [5, 5.41) is 34.2. The van der Waals surface area contributed by atoms with Crippen LogP contribution in [0, 0.1) is 11.8 Å². The minimum absolute atomic E-state index is 0.00444. The summed E-state index contributed by atoms with van der Waals surface area (Å²) in [5.74, 6) is -0.375. The summed E-state index contributed by atoms with van der Waals surface area (Å²) in [6.07, 6.45) is 16.9. The van der Waals surface area contributed by atoms with E-state index < -0.39 is 36.0 Å². The Morgan fingerprint density at radius 3 is 1.54 bits per heavy atom. The van der Waals surface area contributed by atoms with Gasteiger partial charge in [0.25, 0.3) is 0 Å². The SMILES string of the molecule is CC(OCc1noc([C@H](CCCC2CCCCC2)CC(=O)NO)n1)C(=O)O.CCOC(=O)C(C)OCc1noc([C@H](CCCC2CCCCC2)CC(=O)NO)n1. The molecule has 18 heteroatoms. The molecule has 2 unspecified atom stereocenters. The van der Waals surface area contributed by atoms with E-state index in [0.29, 0.717) is 24.0 Å². The number of carboxylic acids is 1. The molecule has 316 valence electrons. The topological polar surface area (TPSA) is 259 Å². The van der Waals surface area contributed by atoms with Gasteiger partial charge in [-0.1, -0.05) is 100 Å². The van der Waals surface area contributed by atoms with Crippen LogP contribution in [0.1, 0.15) is 172 Å². The van der Waals surface area contributed by atoms with E-state index in [4.69, 9.17) is 38.8 Å². The Labute approximate surface area is 328 Å². The van der Waals surface area contributed by atoms with Crippen LogP contribution in [0.15, 0.2) is 9.05 Å². The number of hydroxylamine groups is 2. The Hall–Kier alpha value is -4.00. The summed E-state index contributed by atoms with van der Waals surface area (Å²) in [4.78, 5) is 54.3. The van der Waals surface area contributed by atoms with Crippen LogP contribution in [0.5, 0.6) is 0 Å². The Bertz CT molecular complexity index is 1440. The van der Waals surface area contributed by atoms with Gasteiger partial charge in [-0.2, -0.15) is 9.97 Å². The first-order chi connectivity index (χ1) is 27.0. The van der Waals surface area contributed by atoms with Crippen LogP contribution in [0.25, 0.3) is 0 Å². The number of nitrogens with one attached hydrogen (secondary N) is 2. The molecule has 2 aliphatic carbocycles. The molecule has 2 aromatic rings. The summed E-state index contributed by atoms with van der Waals surface area (Å²) in [6.45, 7) is 4.95. The zero-order chi connectivity index (χ0) is 40.7. The predicted octanol–water partition coefficient (Wildman–Crippen LogP) is 6.06. The Morgan fingerprint density at radius 1 is 0.714 bits per heavy atom. The van der Waals surface area contributed by atoms with Gasteiger partial charge in [-0.15, -0.1) is 0 Å². The van der Waals surface area contributed by atoms with Crippen molar-refractivity contribution in [1.29, 1.82) is 0 Å². The molecule has 2 fully saturated rings. The molecule has 2 aliphatic rings. The number of aliphatic carboxylic acids is 1. The van der Waals surface area contributed by atoms with Crippen molar-refractivity contribution in [3.63, 3.8) is 0 Å². The van der Waals surface area contributed by atoms with Crippen LogP contribution >= 0.6 is 0 Å². The van der Waals surface area contributed by atoms with Gasteiger partial charge in [0.2, 0.25) is 23.6 Å². The number of hydrogen-bond donors (Lipinski definition) is 5. The first-order valence-corrected chi connectivity index (χ1v) is 20.2. The highest BCUT2D eigenvalue weighted by Crippen LogP contribution is 2.32. The summed E-state index contributed by atoms with van der Waals surface area (Å²) in [5.41, 5.74) is 3.32. The molecule has 0 bridgehead atoms. The lowest BCUT2D eigenvalue weighted by Gasteiger charge is -2.22. The number of hydrogen-bond acceptors (Lipinski definition) is 15. The van der Waals surface area contributed by atoms with Crippen molar-refractivity contribution < 1.29 is 58.0 Å². The zero-order valence-electron chi connectivity index (χ0n) is 33.1. The first kappa shape index (κ1) is 46.4. The largest absolute Gasteiger partial charge is 0.479 e. The molecule has 2 amide bonds. The highest BCUT2D eigenvalue weighted by Gasteiger charge is 2.26. The monoisotopic (exact) mass is 794 g/mol.